The fraction of sp³-hybridized carbons (Fsp3) is 0.647. The van der Waals surface area contributed by atoms with Crippen LogP contribution in [0.15, 0.2) is 0 Å². The first kappa shape index (κ1) is 17.0. The summed E-state index contributed by atoms with van der Waals surface area (Å²) in [6, 6.07) is 2.11. The van der Waals surface area contributed by atoms with Crippen LogP contribution in [0, 0.1) is 22.7 Å². The van der Waals surface area contributed by atoms with Gasteiger partial charge in [-0.25, -0.2) is 0 Å². The zero-order valence-electron chi connectivity index (χ0n) is 13.5. The van der Waals surface area contributed by atoms with Crippen LogP contribution in [0.1, 0.15) is 67.9 Å². The lowest BCUT2D eigenvalue weighted by Gasteiger charge is -2.28. The number of rotatable bonds is 6. The predicted molar refractivity (Wildman–Crippen MR) is 93.5 cm³/mol. The molecule has 22 heavy (non-hydrogen) atoms. The standard InChI is InChI=1S/C17H26N4S/c1-3-5-12(16(20)10(2)19)8-11-6-4-7-14-15(11)13(9-18)17(21)22-14/h10-12,20H,3-8,19,21H2,1-2H3. The van der Waals surface area contributed by atoms with Gasteiger partial charge in [0.05, 0.1) is 5.56 Å². The van der Waals surface area contributed by atoms with Crippen molar-refractivity contribution in [2.75, 3.05) is 5.73 Å². The highest BCUT2D eigenvalue weighted by atomic mass is 32.1. The highest BCUT2D eigenvalue weighted by Crippen LogP contribution is 2.44. The molecule has 0 fully saturated rings. The quantitative estimate of drug-likeness (QED) is 0.695. The smallest absolute Gasteiger partial charge is 0.104 e. The second-order valence-corrected chi connectivity index (χ2v) is 7.48. The molecule has 4 nitrogen and oxygen atoms in total. The fourth-order valence-corrected chi connectivity index (χ4v) is 4.74. The summed E-state index contributed by atoms with van der Waals surface area (Å²) in [5.41, 5.74) is 14.5. The van der Waals surface area contributed by atoms with Crippen LogP contribution >= 0.6 is 11.3 Å². The molecule has 0 radical (unpaired) electrons. The minimum atomic E-state index is -0.192. The lowest BCUT2D eigenvalue weighted by molar-refractivity contribution is 0.445. The van der Waals surface area contributed by atoms with Crippen LogP contribution in [0.4, 0.5) is 5.00 Å². The van der Waals surface area contributed by atoms with Gasteiger partial charge in [-0.2, -0.15) is 5.26 Å². The molecule has 1 aliphatic carbocycles. The summed E-state index contributed by atoms with van der Waals surface area (Å²) >= 11 is 1.58. The van der Waals surface area contributed by atoms with Crippen molar-refractivity contribution < 1.29 is 0 Å². The summed E-state index contributed by atoms with van der Waals surface area (Å²) in [6.45, 7) is 4.04. The van der Waals surface area contributed by atoms with E-state index in [9.17, 15) is 5.26 Å². The summed E-state index contributed by atoms with van der Waals surface area (Å²) in [5, 5.41) is 18.4. The van der Waals surface area contributed by atoms with Crippen molar-refractivity contribution in [2.24, 2.45) is 11.7 Å². The third-order valence-corrected chi connectivity index (χ3v) is 5.76. The number of nitrogens with two attached hydrogens (primary N) is 2. The van der Waals surface area contributed by atoms with E-state index in [1.807, 2.05) is 6.92 Å². The average Bonchev–Trinajstić information content (AvgIpc) is 2.82. The monoisotopic (exact) mass is 318 g/mol. The number of fused-ring (bicyclic) bond motifs is 1. The van der Waals surface area contributed by atoms with Crippen LogP contribution < -0.4 is 11.5 Å². The Bertz CT molecular complexity index is 582. The number of nitriles is 1. The largest absolute Gasteiger partial charge is 0.389 e. The number of thiophene rings is 1. The molecule has 0 saturated carbocycles. The van der Waals surface area contributed by atoms with Crippen molar-refractivity contribution in [3.63, 3.8) is 0 Å². The number of hydrogen-bond acceptors (Lipinski definition) is 5. The average molecular weight is 318 g/mol. The third kappa shape index (κ3) is 3.34. The number of hydrogen-bond donors (Lipinski definition) is 3. The maximum Gasteiger partial charge on any atom is 0.104 e. The molecule has 5 N–H and O–H groups in total. The SMILES string of the molecule is CCCC(CC1CCCc2sc(N)c(C#N)c21)C(=N)C(C)N. The zero-order valence-corrected chi connectivity index (χ0v) is 14.3. The molecule has 3 unspecified atom stereocenters. The molecule has 0 aromatic carbocycles. The number of anilines is 1. The molecule has 1 heterocycles. The van der Waals surface area contributed by atoms with Gasteiger partial charge in [-0.05, 0) is 56.4 Å². The van der Waals surface area contributed by atoms with Crippen molar-refractivity contribution in [2.45, 2.75) is 64.3 Å². The van der Waals surface area contributed by atoms with Gasteiger partial charge in [0, 0.05) is 16.6 Å². The molecule has 1 aromatic rings. The van der Waals surface area contributed by atoms with Crippen LogP contribution in [0.25, 0.3) is 0 Å². The van der Waals surface area contributed by atoms with E-state index in [1.165, 1.54) is 10.4 Å². The minimum absolute atomic E-state index is 0.192. The van der Waals surface area contributed by atoms with Gasteiger partial charge in [-0.1, -0.05) is 13.3 Å². The van der Waals surface area contributed by atoms with Gasteiger partial charge in [0.1, 0.15) is 11.1 Å². The van der Waals surface area contributed by atoms with Crippen molar-refractivity contribution in [3.8, 4) is 6.07 Å². The minimum Gasteiger partial charge on any atom is -0.389 e. The Morgan fingerprint density at radius 1 is 1.55 bits per heavy atom. The third-order valence-electron chi connectivity index (χ3n) is 4.66. The van der Waals surface area contributed by atoms with Crippen molar-refractivity contribution in [3.05, 3.63) is 16.0 Å². The van der Waals surface area contributed by atoms with E-state index < -0.39 is 0 Å². The van der Waals surface area contributed by atoms with E-state index in [1.54, 1.807) is 11.3 Å². The van der Waals surface area contributed by atoms with E-state index in [0.29, 0.717) is 22.2 Å². The van der Waals surface area contributed by atoms with Crippen molar-refractivity contribution in [1.29, 1.82) is 10.7 Å². The number of nitrogens with zero attached hydrogens (tertiary/aromatic N) is 1. The summed E-state index contributed by atoms with van der Waals surface area (Å²) in [6.07, 6.45) is 6.23. The molecule has 0 spiro atoms. The number of nitrogen functional groups attached to an aromatic ring is 1. The van der Waals surface area contributed by atoms with E-state index in [4.69, 9.17) is 16.9 Å². The molecule has 2 rings (SSSR count). The molecule has 5 heteroatoms. The predicted octanol–water partition coefficient (Wildman–Crippen LogP) is 3.80. The molecule has 120 valence electrons. The lowest BCUT2D eigenvalue weighted by Crippen LogP contribution is -2.33. The summed E-state index contributed by atoms with van der Waals surface area (Å²) in [4.78, 5) is 1.29. The van der Waals surface area contributed by atoms with Crippen LogP contribution in [0.2, 0.25) is 0 Å². The van der Waals surface area contributed by atoms with Gasteiger partial charge in [-0.3, -0.25) is 0 Å². The van der Waals surface area contributed by atoms with E-state index in [2.05, 4.69) is 13.0 Å². The Balaban J connectivity index is 2.27. The maximum atomic E-state index is 9.43. The van der Waals surface area contributed by atoms with Gasteiger partial charge in [0.2, 0.25) is 0 Å². The summed E-state index contributed by atoms with van der Waals surface area (Å²) in [5.74, 6) is 0.566. The maximum absolute atomic E-state index is 9.43. The molecule has 0 amide bonds. The second-order valence-electron chi connectivity index (χ2n) is 6.34. The molecule has 0 aliphatic heterocycles. The normalized spacial score (nSPS) is 20.0. The van der Waals surface area contributed by atoms with Crippen molar-refractivity contribution in [1.82, 2.24) is 0 Å². The topological polar surface area (TPSA) is 99.7 Å². The molecule has 0 saturated heterocycles. The zero-order chi connectivity index (χ0) is 16.3. The molecule has 0 bridgehead atoms. The first-order valence-electron chi connectivity index (χ1n) is 8.14. The lowest BCUT2D eigenvalue weighted by atomic mass is 9.77. The van der Waals surface area contributed by atoms with E-state index in [-0.39, 0.29) is 12.0 Å². The summed E-state index contributed by atoms with van der Waals surface area (Å²) in [7, 11) is 0. The van der Waals surface area contributed by atoms with Gasteiger partial charge in [0.15, 0.2) is 0 Å². The highest BCUT2D eigenvalue weighted by Gasteiger charge is 2.30. The highest BCUT2D eigenvalue weighted by molar-refractivity contribution is 7.16. The van der Waals surface area contributed by atoms with Crippen LogP contribution in [-0.2, 0) is 6.42 Å². The Labute approximate surface area is 137 Å². The number of nitrogens with one attached hydrogen (secondary N) is 1. The fourth-order valence-electron chi connectivity index (χ4n) is 3.60. The molecular weight excluding hydrogens is 292 g/mol. The van der Waals surface area contributed by atoms with Crippen molar-refractivity contribution >= 4 is 22.0 Å². The van der Waals surface area contributed by atoms with Crippen LogP contribution in [0.3, 0.4) is 0 Å². The Hall–Kier alpha value is -1.38. The van der Waals surface area contributed by atoms with E-state index >= 15 is 0 Å². The van der Waals surface area contributed by atoms with Gasteiger partial charge >= 0.3 is 0 Å². The van der Waals surface area contributed by atoms with Gasteiger partial charge in [0.25, 0.3) is 0 Å². The molecule has 1 aliphatic rings. The van der Waals surface area contributed by atoms with Gasteiger partial charge < -0.3 is 16.9 Å². The number of aryl methyl sites for hydroxylation is 1. The first-order valence-corrected chi connectivity index (χ1v) is 8.96. The second kappa shape index (κ2) is 7.26. The molecule has 3 atom stereocenters. The van der Waals surface area contributed by atoms with E-state index in [0.717, 1.165) is 38.5 Å². The Morgan fingerprint density at radius 3 is 2.86 bits per heavy atom. The summed E-state index contributed by atoms with van der Waals surface area (Å²) < 4.78 is 0. The molecular formula is C17H26N4S. The van der Waals surface area contributed by atoms with Crippen LogP contribution in [-0.4, -0.2) is 11.8 Å². The molecule has 1 aromatic heterocycles. The van der Waals surface area contributed by atoms with Gasteiger partial charge in [-0.15, -0.1) is 11.3 Å². The Kier molecular flexibility index (Phi) is 5.60. The van der Waals surface area contributed by atoms with Crippen LogP contribution in [0.5, 0.6) is 0 Å². The first-order chi connectivity index (χ1) is 10.5. The Morgan fingerprint density at radius 2 is 2.27 bits per heavy atom.